The largest absolute Gasteiger partial charge is 0.468 e. The third-order valence-electron chi connectivity index (χ3n) is 2.75. The number of benzene rings is 1. The Labute approximate surface area is 104 Å². The van der Waals surface area contributed by atoms with Crippen LogP contribution in [0, 0.1) is 10.7 Å². The summed E-state index contributed by atoms with van der Waals surface area (Å²) < 4.78 is 4.66. The first kappa shape index (κ1) is 11.8. The second kappa shape index (κ2) is 5.11. The topological polar surface area (TPSA) is 53.3 Å². The van der Waals surface area contributed by atoms with Crippen LogP contribution in [0.25, 0.3) is 0 Å². The number of methoxy groups -OCH3 is 1. The van der Waals surface area contributed by atoms with E-state index in [0.29, 0.717) is 0 Å². The van der Waals surface area contributed by atoms with E-state index in [4.69, 9.17) is 5.26 Å². The first-order valence-electron chi connectivity index (χ1n) is 5.25. The lowest BCUT2D eigenvalue weighted by atomic mass is 10.2. The number of carbonyl (C=O) groups is 1. The van der Waals surface area contributed by atoms with Crippen LogP contribution >= 0.6 is 11.8 Å². The van der Waals surface area contributed by atoms with Crippen LogP contribution in [0.1, 0.15) is 5.56 Å². The lowest BCUT2D eigenvalue weighted by Gasteiger charge is -2.17. The zero-order valence-electron chi connectivity index (χ0n) is 9.47. The average Bonchev–Trinajstić information content (AvgIpc) is 2.72. The zero-order valence-corrected chi connectivity index (χ0v) is 10.3. The highest BCUT2D eigenvalue weighted by molar-refractivity contribution is 8.03. The molecule has 5 heteroatoms. The number of hydrogen-bond acceptors (Lipinski definition) is 5. The van der Waals surface area contributed by atoms with Crippen LogP contribution in [-0.2, 0) is 16.0 Å². The van der Waals surface area contributed by atoms with E-state index in [1.54, 1.807) is 0 Å². The van der Waals surface area contributed by atoms with Crippen molar-refractivity contribution in [2.24, 2.45) is 0 Å². The van der Waals surface area contributed by atoms with E-state index >= 15 is 0 Å². The molecule has 0 aliphatic carbocycles. The Hall–Kier alpha value is -1.67. The highest BCUT2D eigenvalue weighted by atomic mass is 32.2. The summed E-state index contributed by atoms with van der Waals surface area (Å²) in [5.41, 5.74) is 2.26. The molecule has 1 aromatic carbocycles. The number of carbonyl (C=O) groups excluding carboxylic acids is 1. The van der Waals surface area contributed by atoms with E-state index in [1.807, 2.05) is 23.1 Å². The Morgan fingerprint density at radius 1 is 1.65 bits per heavy atom. The van der Waals surface area contributed by atoms with Crippen LogP contribution < -0.4 is 4.90 Å². The van der Waals surface area contributed by atoms with Gasteiger partial charge < -0.3 is 9.64 Å². The third kappa shape index (κ3) is 2.53. The first-order chi connectivity index (χ1) is 8.24. The predicted octanol–water partition coefficient (Wildman–Crippen LogP) is 1.80. The van der Waals surface area contributed by atoms with Gasteiger partial charge in [0.25, 0.3) is 0 Å². The second-order valence-electron chi connectivity index (χ2n) is 3.73. The Morgan fingerprint density at radius 2 is 2.47 bits per heavy atom. The number of anilines is 1. The van der Waals surface area contributed by atoms with E-state index < -0.39 is 0 Å². The standard InChI is InChI=1S/C12H12N2O2S/c1-16-12(15)7-14-5-4-9-6-10(17-8-13)2-3-11(9)14/h2-3,6H,4-5,7H2,1H3. The Kier molecular flexibility index (Phi) is 3.55. The fourth-order valence-corrected chi connectivity index (χ4v) is 2.39. The van der Waals surface area contributed by atoms with Gasteiger partial charge in [0, 0.05) is 17.1 Å². The molecule has 0 saturated carbocycles. The smallest absolute Gasteiger partial charge is 0.325 e. The Morgan fingerprint density at radius 3 is 3.18 bits per heavy atom. The maximum Gasteiger partial charge on any atom is 0.325 e. The number of nitrogens with zero attached hydrogens (tertiary/aromatic N) is 2. The number of thioether (sulfide) groups is 1. The molecule has 88 valence electrons. The molecule has 0 radical (unpaired) electrons. The normalized spacial score (nSPS) is 13.1. The minimum absolute atomic E-state index is 0.228. The van der Waals surface area contributed by atoms with Crippen molar-refractivity contribution in [2.75, 3.05) is 25.1 Å². The Balaban J connectivity index is 2.16. The van der Waals surface area contributed by atoms with Gasteiger partial charge in [-0.05, 0) is 41.9 Å². The molecule has 0 saturated heterocycles. The molecule has 17 heavy (non-hydrogen) atoms. The molecule has 2 rings (SSSR count). The lowest BCUT2D eigenvalue weighted by molar-refractivity contribution is -0.138. The number of esters is 1. The van der Waals surface area contributed by atoms with Crippen molar-refractivity contribution in [1.82, 2.24) is 0 Å². The van der Waals surface area contributed by atoms with Crippen molar-refractivity contribution < 1.29 is 9.53 Å². The fourth-order valence-electron chi connectivity index (χ4n) is 1.95. The number of thiocyanates is 1. The minimum Gasteiger partial charge on any atom is -0.468 e. The van der Waals surface area contributed by atoms with Gasteiger partial charge in [-0.25, -0.2) is 0 Å². The van der Waals surface area contributed by atoms with Crippen molar-refractivity contribution in [1.29, 1.82) is 5.26 Å². The first-order valence-corrected chi connectivity index (χ1v) is 6.07. The molecule has 0 unspecified atom stereocenters. The monoisotopic (exact) mass is 248 g/mol. The van der Waals surface area contributed by atoms with Crippen LogP contribution in [0.2, 0.25) is 0 Å². The molecule has 0 aromatic heterocycles. The molecular formula is C12H12N2O2S. The van der Waals surface area contributed by atoms with Crippen molar-refractivity contribution in [3.8, 4) is 5.40 Å². The van der Waals surface area contributed by atoms with Crippen LogP contribution in [0.4, 0.5) is 5.69 Å². The van der Waals surface area contributed by atoms with Crippen molar-refractivity contribution >= 4 is 23.4 Å². The second-order valence-corrected chi connectivity index (χ2v) is 4.59. The van der Waals surface area contributed by atoms with Crippen molar-refractivity contribution in [3.63, 3.8) is 0 Å². The molecule has 0 spiro atoms. The molecular weight excluding hydrogens is 236 g/mol. The number of rotatable bonds is 3. The maximum absolute atomic E-state index is 11.2. The fraction of sp³-hybridized carbons (Fsp3) is 0.333. The van der Waals surface area contributed by atoms with Crippen LogP contribution in [0.3, 0.4) is 0 Å². The molecule has 0 fully saturated rings. The van der Waals surface area contributed by atoms with Crippen LogP contribution in [0.5, 0.6) is 0 Å². The summed E-state index contributed by atoms with van der Waals surface area (Å²) in [5.74, 6) is -0.228. The summed E-state index contributed by atoms with van der Waals surface area (Å²) in [6.45, 7) is 1.11. The van der Waals surface area contributed by atoms with Gasteiger partial charge in [-0.1, -0.05) is 0 Å². The number of ether oxygens (including phenoxy) is 1. The van der Waals surface area contributed by atoms with Gasteiger partial charge in [0.1, 0.15) is 11.9 Å². The predicted molar refractivity (Wildman–Crippen MR) is 65.8 cm³/mol. The van der Waals surface area contributed by atoms with E-state index in [0.717, 1.165) is 35.3 Å². The van der Waals surface area contributed by atoms with Gasteiger partial charge in [0.2, 0.25) is 0 Å². The third-order valence-corrected chi connectivity index (χ3v) is 3.33. The van der Waals surface area contributed by atoms with E-state index in [1.165, 1.54) is 12.7 Å². The van der Waals surface area contributed by atoms with Crippen LogP contribution in [-0.4, -0.2) is 26.2 Å². The zero-order chi connectivity index (χ0) is 12.3. The molecule has 1 aliphatic heterocycles. The van der Waals surface area contributed by atoms with Crippen LogP contribution in [0.15, 0.2) is 23.1 Å². The van der Waals surface area contributed by atoms with E-state index in [-0.39, 0.29) is 12.5 Å². The molecule has 0 atom stereocenters. The summed E-state index contributed by atoms with van der Waals surface area (Å²) in [6.07, 6.45) is 0.909. The maximum atomic E-state index is 11.2. The summed E-state index contributed by atoms with van der Waals surface area (Å²) in [4.78, 5) is 14.2. The SMILES string of the molecule is COC(=O)CN1CCc2cc(SC#N)ccc21. The molecule has 0 N–H and O–H groups in total. The quantitative estimate of drug-likeness (QED) is 0.464. The summed E-state index contributed by atoms with van der Waals surface area (Å²) in [6, 6.07) is 5.88. The number of nitriles is 1. The molecule has 1 aliphatic rings. The lowest BCUT2D eigenvalue weighted by Crippen LogP contribution is -2.28. The Bertz CT molecular complexity index is 482. The van der Waals surface area contributed by atoms with Crippen molar-refractivity contribution in [2.45, 2.75) is 11.3 Å². The molecule has 0 bridgehead atoms. The van der Waals surface area contributed by atoms with Gasteiger partial charge in [-0.2, -0.15) is 5.26 Å². The van der Waals surface area contributed by atoms with Gasteiger partial charge in [-0.3, -0.25) is 4.79 Å². The highest BCUT2D eigenvalue weighted by Crippen LogP contribution is 2.31. The molecule has 4 nitrogen and oxygen atoms in total. The van der Waals surface area contributed by atoms with E-state index in [2.05, 4.69) is 10.1 Å². The molecule has 1 heterocycles. The number of hydrogen-bond donors (Lipinski definition) is 0. The van der Waals surface area contributed by atoms with E-state index in [9.17, 15) is 4.79 Å². The average molecular weight is 248 g/mol. The number of fused-ring (bicyclic) bond motifs is 1. The minimum atomic E-state index is -0.228. The summed E-state index contributed by atoms with van der Waals surface area (Å²) in [5, 5.41) is 10.7. The summed E-state index contributed by atoms with van der Waals surface area (Å²) in [7, 11) is 1.39. The van der Waals surface area contributed by atoms with Gasteiger partial charge >= 0.3 is 5.97 Å². The molecule has 1 aromatic rings. The van der Waals surface area contributed by atoms with Gasteiger partial charge in [0.05, 0.1) is 7.11 Å². The summed E-state index contributed by atoms with van der Waals surface area (Å²) >= 11 is 1.16. The highest BCUT2D eigenvalue weighted by Gasteiger charge is 2.21. The van der Waals surface area contributed by atoms with Gasteiger partial charge in [0.15, 0.2) is 0 Å². The van der Waals surface area contributed by atoms with Gasteiger partial charge in [-0.15, -0.1) is 0 Å². The molecule has 0 amide bonds. The van der Waals surface area contributed by atoms with Crippen molar-refractivity contribution in [3.05, 3.63) is 23.8 Å².